The Morgan fingerprint density at radius 3 is 2.11 bits per heavy atom. The molecular formula is C19H18F3N3O2. The lowest BCUT2D eigenvalue weighted by atomic mass is 10.1. The summed E-state index contributed by atoms with van der Waals surface area (Å²) in [6.45, 7) is 1.45. The van der Waals surface area contributed by atoms with Crippen molar-refractivity contribution in [2.24, 2.45) is 5.73 Å². The van der Waals surface area contributed by atoms with Crippen molar-refractivity contribution in [1.29, 1.82) is 0 Å². The number of nitrogens with two attached hydrogens (primary N) is 1. The number of halogens is 3. The molecule has 0 unspecified atom stereocenters. The van der Waals surface area contributed by atoms with E-state index in [0.717, 1.165) is 38.1 Å². The van der Waals surface area contributed by atoms with Crippen LogP contribution in [0.3, 0.4) is 0 Å². The third kappa shape index (κ3) is 4.21. The number of alkyl halides is 3. The Morgan fingerprint density at radius 2 is 1.56 bits per heavy atom. The van der Waals surface area contributed by atoms with E-state index in [9.17, 15) is 22.8 Å². The quantitative estimate of drug-likeness (QED) is 0.854. The average molecular weight is 377 g/mol. The zero-order chi connectivity index (χ0) is 19.6. The highest BCUT2D eigenvalue weighted by Crippen LogP contribution is 2.36. The second-order valence-corrected chi connectivity index (χ2v) is 6.32. The fourth-order valence-electron chi connectivity index (χ4n) is 3.03. The number of benzene rings is 2. The summed E-state index contributed by atoms with van der Waals surface area (Å²) in [5.74, 6) is -1.19. The highest BCUT2D eigenvalue weighted by atomic mass is 19.4. The van der Waals surface area contributed by atoms with Crippen molar-refractivity contribution in [3.63, 3.8) is 0 Å². The number of hydrogen-bond donors (Lipinski definition) is 2. The minimum Gasteiger partial charge on any atom is -0.370 e. The van der Waals surface area contributed by atoms with Crippen LogP contribution < -0.4 is 16.0 Å². The van der Waals surface area contributed by atoms with Gasteiger partial charge in [-0.2, -0.15) is 13.2 Å². The van der Waals surface area contributed by atoms with Crippen LogP contribution in [0.4, 0.5) is 24.5 Å². The highest BCUT2D eigenvalue weighted by molar-refractivity contribution is 6.06. The minimum absolute atomic E-state index is 0.107. The molecule has 1 aliphatic heterocycles. The SMILES string of the molecule is NC(=O)c1ccc(C(=O)Nc2cc(C(F)(F)F)ccc2N2CCCC2)cc1. The van der Waals surface area contributed by atoms with Crippen molar-refractivity contribution in [1.82, 2.24) is 0 Å². The van der Waals surface area contributed by atoms with E-state index in [-0.39, 0.29) is 16.8 Å². The summed E-state index contributed by atoms with van der Waals surface area (Å²) < 4.78 is 39.3. The topological polar surface area (TPSA) is 75.4 Å². The third-order valence-electron chi connectivity index (χ3n) is 4.45. The van der Waals surface area contributed by atoms with Crippen LogP contribution in [-0.2, 0) is 6.18 Å². The molecule has 1 aliphatic rings. The van der Waals surface area contributed by atoms with Crippen LogP contribution in [0.2, 0.25) is 0 Å². The number of amides is 2. The Morgan fingerprint density at radius 1 is 0.963 bits per heavy atom. The first-order valence-electron chi connectivity index (χ1n) is 8.43. The summed E-state index contributed by atoms with van der Waals surface area (Å²) >= 11 is 0. The van der Waals surface area contributed by atoms with Crippen LogP contribution in [0.1, 0.15) is 39.1 Å². The van der Waals surface area contributed by atoms with Crippen LogP contribution in [0, 0.1) is 0 Å². The Labute approximate surface area is 154 Å². The number of carbonyl (C=O) groups is 2. The van der Waals surface area contributed by atoms with Crippen molar-refractivity contribution in [3.05, 3.63) is 59.2 Å². The molecule has 0 aromatic heterocycles. The summed E-state index contributed by atoms with van der Waals surface area (Å²) in [6.07, 6.45) is -2.61. The van der Waals surface area contributed by atoms with Gasteiger partial charge in [0.2, 0.25) is 5.91 Å². The molecule has 2 aromatic carbocycles. The zero-order valence-corrected chi connectivity index (χ0v) is 14.3. The van der Waals surface area contributed by atoms with E-state index >= 15 is 0 Å². The maximum atomic E-state index is 13.1. The average Bonchev–Trinajstić information content (AvgIpc) is 3.15. The van der Waals surface area contributed by atoms with Gasteiger partial charge in [0.05, 0.1) is 16.9 Å². The first-order valence-corrected chi connectivity index (χ1v) is 8.43. The van der Waals surface area contributed by atoms with Crippen molar-refractivity contribution in [2.45, 2.75) is 19.0 Å². The molecule has 2 amide bonds. The molecule has 142 valence electrons. The fraction of sp³-hybridized carbons (Fsp3) is 0.263. The number of rotatable bonds is 4. The number of anilines is 2. The molecular weight excluding hydrogens is 359 g/mol. The van der Waals surface area contributed by atoms with Gasteiger partial charge in [0.1, 0.15) is 0 Å². The molecule has 3 rings (SSSR count). The molecule has 1 heterocycles. The number of primary amides is 1. The van der Waals surface area contributed by atoms with Gasteiger partial charge in [-0.05, 0) is 55.3 Å². The van der Waals surface area contributed by atoms with Crippen LogP contribution >= 0.6 is 0 Å². The standard InChI is InChI=1S/C19H18F3N3O2/c20-19(21,22)14-7-8-16(25-9-1-2-10-25)15(11-14)24-18(27)13-5-3-12(4-6-13)17(23)26/h3-8,11H,1-2,9-10H2,(H2,23,26)(H,24,27). The van der Waals surface area contributed by atoms with Gasteiger partial charge in [-0.3, -0.25) is 9.59 Å². The van der Waals surface area contributed by atoms with E-state index in [0.29, 0.717) is 5.69 Å². The van der Waals surface area contributed by atoms with Crippen molar-refractivity contribution >= 4 is 23.2 Å². The maximum Gasteiger partial charge on any atom is 0.416 e. The van der Waals surface area contributed by atoms with Crippen LogP contribution in [0.5, 0.6) is 0 Å². The van der Waals surface area contributed by atoms with Gasteiger partial charge in [-0.1, -0.05) is 0 Å². The molecule has 27 heavy (non-hydrogen) atoms. The zero-order valence-electron chi connectivity index (χ0n) is 14.3. The third-order valence-corrected chi connectivity index (χ3v) is 4.45. The summed E-state index contributed by atoms with van der Waals surface area (Å²) in [5.41, 5.74) is 5.45. The van der Waals surface area contributed by atoms with Crippen LogP contribution in [0.25, 0.3) is 0 Å². The Hall–Kier alpha value is -3.03. The largest absolute Gasteiger partial charge is 0.416 e. The molecule has 0 bridgehead atoms. The van der Waals surface area contributed by atoms with E-state index in [1.165, 1.54) is 30.3 Å². The number of nitrogens with zero attached hydrogens (tertiary/aromatic N) is 1. The lowest BCUT2D eigenvalue weighted by Gasteiger charge is -2.23. The molecule has 0 aliphatic carbocycles. The van der Waals surface area contributed by atoms with E-state index < -0.39 is 23.6 Å². The van der Waals surface area contributed by atoms with Gasteiger partial charge >= 0.3 is 6.18 Å². The van der Waals surface area contributed by atoms with Gasteiger partial charge in [0, 0.05) is 24.2 Å². The fourth-order valence-corrected chi connectivity index (χ4v) is 3.03. The summed E-state index contributed by atoms with van der Waals surface area (Å²) in [6, 6.07) is 8.95. The predicted octanol–water partition coefficient (Wildman–Crippen LogP) is 3.66. The van der Waals surface area contributed by atoms with Gasteiger partial charge < -0.3 is 16.0 Å². The smallest absolute Gasteiger partial charge is 0.370 e. The van der Waals surface area contributed by atoms with Crippen molar-refractivity contribution < 1.29 is 22.8 Å². The highest BCUT2D eigenvalue weighted by Gasteiger charge is 2.32. The lowest BCUT2D eigenvalue weighted by molar-refractivity contribution is -0.137. The lowest BCUT2D eigenvalue weighted by Crippen LogP contribution is -2.22. The molecule has 2 aromatic rings. The first kappa shape index (κ1) is 18.8. The number of nitrogens with one attached hydrogen (secondary N) is 1. The van der Waals surface area contributed by atoms with Crippen LogP contribution in [0.15, 0.2) is 42.5 Å². The van der Waals surface area contributed by atoms with Gasteiger partial charge in [0.15, 0.2) is 0 Å². The monoisotopic (exact) mass is 377 g/mol. The summed E-state index contributed by atoms with van der Waals surface area (Å²) in [7, 11) is 0. The number of carbonyl (C=O) groups excluding carboxylic acids is 2. The van der Waals surface area contributed by atoms with Gasteiger partial charge in [-0.25, -0.2) is 0 Å². The van der Waals surface area contributed by atoms with E-state index in [4.69, 9.17) is 5.73 Å². The van der Waals surface area contributed by atoms with E-state index in [1.807, 2.05) is 4.90 Å². The molecule has 0 atom stereocenters. The molecule has 0 spiro atoms. The molecule has 3 N–H and O–H groups in total. The molecule has 8 heteroatoms. The van der Waals surface area contributed by atoms with E-state index in [2.05, 4.69) is 5.32 Å². The van der Waals surface area contributed by atoms with E-state index in [1.54, 1.807) is 0 Å². The Bertz CT molecular complexity index is 857. The summed E-state index contributed by atoms with van der Waals surface area (Å²) in [5, 5.41) is 2.57. The molecule has 5 nitrogen and oxygen atoms in total. The maximum absolute atomic E-state index is 13.1. The second-order valence-electron chi connectivity index (χ2n) is 6.32. The van der Waals surface area contributed by atoms with Crippen LogP contribution in [-0.4, -0.2) is 24.9 Å². The Balaban J connectivity index is 1.90. The second kappa shape index (κ2) is 7.30. The van der Waals surface area contributed by atoms with Gasteiger partial charge in [0.25, 0.3) is 5.91 Å². The molecule has 0 saturated carbocycles. The minimum atomic E-state index is -4.51. The summed E-state index contributed by atoms with van der Waals surface area (Å²) in [4.78, 5) is 25.6. The number of hydrogen-bond acceptors (Lipinski definition) is 3. The predicted molar refractivity (Wildman–Crippen MR) is 95.8 cm³/mol. The first-order chi connectivity index (χ1) is 12.8. The Kier molecular flexibility index (Phi) is 5.07. The molecule has 0 radical (unpaired) electrons. The molecule has 1 fully saturated rings. The van der Waals surface area contributed by atoms with Gasteiger partial charge in [-0.15, -0.1) is 0 Å². The van der Waals surface area contributed by atoms with Crippen molar-refractivity contribution in [3.8, 4) is 0 Å². The van der Waals surface area contributed by atoms with Crippen molar-refractivity contribution in [2.75, 3.05) is 23.3 Å². The normalized spacial score (nSPS) is 14.3. The molecule has 1 saturated heterocycles.